The minimum absolute atomic E-state index is 0.0391. The second-order valence-electron chi connectivity index (χ2n) is 17.0. The number of fused-ring (bicyclic) bond motifs is 3. The highest BCUT2D eigenvalue weighted by molar-refractivity contribution is 7.89. The molecule has 17 nitrogen and oxygen atoms in total. The van der Waals surface area contributed by atoms with Crippen molar-refractivity contribution in [1.29, 1.82) is 0 Å². The van der Waals surface area contributed by atoms with Gasteiger partial charge in [-0.25, -0.2) is 26.7 Å². The van der Waals surface area contributed by atoms with E-state index in [0.717, 1.165) is 11.0 Å². The number of sulfonamides is 1. The van der Waals surface area contributed by atoms with Crippen LogP contribution in [0.2, 0.25) is 0 Å². The van der Waals surface area contributed by atoms with Crippen molar-refractivity contribution in [3.8, 4) is 0 Å². The van der Waals surface area contributed by atoms with E-state index in [4.69, 9.17) is 4.74 Å². The molecule has 4 saturated heterocycles. The predicted octanol–water partition coefficient (Wildman–Crippen LogP) is 0.616. The molecule has 2 aromatic rings. The Balaban J connectivity index is 1.37. The molecule has 1 unspecified atom stereocenters. The smallest absolute Gasteiger partial charge is 0.328 e. The summed E-state index contributed by atoms with van der Waals surface area (Å²) in [6.07, 6.45) is 0.558. The molecule has 8 atom stereocenters. The fraction of sp³-hybridized carbons (Fsp3) is 0.558. The van der Waals surface area contributed by atoms with Crippen molar-refractivity contribution in [2.75, 3.05) is 32.0 Å². The van der Waals surface area contributed by atoms with Gasteiger partial charge in [-0.2, -0.15) is 0 Å². The third kappa shape index (κ3) is 11.4. The number of ether oxygens (including phenoxy) is 1. The largest absolute Gasteiger partial charge is 0.461 e. The van der Waals surface area contributed by atoms with Gasteiger partial charge in [0.2, 0.25) is 45.5 Å². The zero-order valence-electron chi connectivity index (χ0n) is 35.7. The number of carbonyl (C=O) groups excluding carboxylic acids is 7. The van der Waals surface area contributed by atoms with Gasteiger partial charge >= 0.3 is 5.97 Å². The summed E-state index contributed by atoms with van der Waals surface area (Å²) in [7, 11) is -3.87. The average Bonchev–Trinajstić information content (AvgIpc) is 3.84. The Morgan fingerprint density at radius 3 is 2.37 bits per heavy atom. The van der Waals surface area contributed by atoms with Crippen LogP contribution in [0.15, 0.2) is 42.5 Å². The van der Waals surface area contributed by atoms with E-state index in [1.807, 2.05) is 6.92 Å². The maximum absolute atomic E-state index is 14.9. The molecule has 0 radical (unpaired) electrons. The zero-order valence-corrected chi connectivity index (χ0v) is 36.6. The summed E-state index contributed by atoms with van der Waals surface area (Å²) >= 11 is 0. The maximum atomic E-state index is 14.9. The van der Waals surface area contributed by atoms with Crippen LogP contribution in [0.4, 0.5) is 8.78 Å². The van der Waals surface area contributed by atoms with E-state index in [1.54, 1.807) is 13.0 Å². The SMILES string of the molecule is CCS(=O)(=O)NC1C[C@H]2C(=O)N3CCCC[C@H]3C(=O)N[C@@H](C)C(=O)N3C[C@H](C)C[C@H]3C(=O)OC[C@H](NC(=O)[C@H](Cc3cccc(F)c3)NC(=O)Cc3ccc(C)cc3F)C(=O)N2C1. The van der Waals surface area contributed by atoms with E-state index >= 15 is 0 Å². The molecule has 4 heterocycles. The van der Waals surface area contributed by atoms with Gasteiger partial charge in [0.25, 0.3) is 0 Å². The Morgan fingerprint density at radius 2 is 1.65 bits per heavy atom. The Labute approximate surface area is 365 Å². The Kier molecular flexibility index (Phi) is 14.8. The van der Waals surface area contributed by atoms with Crippen molar-refractivity contribution >= 4 is 51.4 Å². The summed E-state index contributed by atoms with van der Waals surface area (Å²) in [6.45, 7) is 5.53. The molecular weight excluding hydrogens is 845 g/mol. The van der Waals surface area contributed by atoms with Gasteiger partial charge in [-0.05, 0) is 93.7 Å². The van der Waals surface area contributed by atoms with Crippen LogP contribution in [0.25, 0.3) is 0 Å². The van der Waals surface area contributed by atoms with Crippen LogP contribution in [-0.2, 0) is 61.2 Å². The molecule has 0 aromatic heterocycles. The topological polar surface area (TPSA) is 221 Å². The van der Waals surface area contributed by atoms with Crippen LogP contribution >= 0.6 is 0 Å². The number of hydrogen-bond donors (Lipinski definition) is 4. The van der Waals surface area contributed by atoms with Gasteiger partial charge in [-0.1, -0.05) is 31.2 Å². The molecule has 0 bridgehead atoms. The Bertz CT molecular complexity index is 2230. The number of nitrogens with one attached hydrogen (secondary N) is 4. The first-order valence-electron chi connectivity index (χ1n) is 21.3. The van der Waals surface area contributed by atoms with Crippen molar-refractivity contribution < 1.29 is 55.5 Å². The van der Waals surface area contributed by atoms with Crippen LogP contribution in [-0.4, -0.2) is 139 Å². The van der Waals surface area contributed by atoms with Gasteiger partial charge in [-0.15, -0.1) is 0 Å². The van der Waals surface area contributed by atoms with Crippen LogP contribution in [0, 0.1) is 24.5 Å². The lowest BCUT2D eigenvalue weighted by Crippen LogP contribution is -2.62. The first kappa shape index (κ1) is 47.0. The van der Waals surface area contributed by atoms with Gasteiger partial charge in [0.1, 0.15) is 54.5 Å². The Morgan fingerprint density at radius 1 is 0.905 bits per heavy atom. The first-order valence-corrected chi connectivity index (χ1v) is 23.0. The predicted molar refractivity (Wildman–Crippen MR) is 223 cm³/mol. The molecule has 0 spiro atoms. The highest BCUT2D eigenvalue weighted by Crippen LogP contribution is 2.28. The minimum atomic E-state index is -3.87. The monoisotopic (exact) mass is 899 g/mol. The molecule has 342 valence electrons. The fourth-order valence-corrected chi connectivity index (χ4v) is 9.61. The number of rotatable bonds is 10. The second-order valence-corrected chi connectivity index (χ2v) is 19.0. The third-order valence-corrected chi connectivity index (χ3v) is 13.5. The van der Waals surface area contributed by atoms with Crippen LogP contribution in [0.3, 0.4) is 0 Å². The number of aryl methyl sites for hydroxylation is 1. The molecule has 4 N–H and O–H groups in total. The van der Waals surface area contributed by atoms with E-state index in [0.29, 0.717) is 18.4 Å². The molecule has 0 aliphatic carbocycles. The summed E-state index contributed by atoms with van der Waals surface area (Å²) in [6, 6.07) is 0.702. The number of piperidine rings is 1. The highest BCUT2D eigenvalue weighted by atomic mass is 32.2. The van der Waals surface area contributed by atoms with E-state index in [1.165, 1.54) is 54.0 Å². The minimum Gasteiger partial charge on any atom is -0.461 e. The number of halogens is 2. The molecule has 0 saturated carbocycles. The van der Waals surface area contributed by atoms with Crippen molar-refractivity contribution in [2.24, 2.45) is 5.92 Å². The normalized spacial score (nSPS) is 26.6. The van der Waals surface area contributed by atoms with Crippen molar-refractivity contribution in [2.45, 2.75) is 115 Å². The van der Waals surface area contributed by atoms with Crippen molar-refractivity contribution in [3.63, 3.8) is 0 Å². The lowest BCUT2D eigenvalue weighted by Gasteiger charge is -2.39. The van der Waals surface area contributed by atoms with Crippen molar-refractivity contribution in [3.05, 3.63) is 70.8 Å². The molecule has 2 aromatic carbocycles. The second kappa shape index (κ2) is 19.9. The standard InChI is InChI=1S/C43H55F2N7O10S/c1-5-63(60,61)49-30-20-35-42(58)50-14-7-6-11-34(50)39(55)46-26(4)40(56)51-21-25(3)16-36(51)43(59)62-23-33(41(57)52(35)22-30)48-38(54)32(18-27-9-8-10-29(44)17-27)47-37(53)19-28-13-12-24(2)15-31(28)45/h8-10,12-13,15,17,25-26,30,32-36,49H,5-7,11,14,16,18-23H2,1-4H3,(H,46,55)(H,47,53)(H,48,54)/t25-,26+,30?,32+,33+,34+,35+,36+/m1/s1. The quantitative estimate of drug-likeness (QED) is 0.244. The molecule has 4 aliphatic rings. The van der Waals surface area contributed by atoms with E-state index in [2.05, 4.69) is 20.7 Å². The number of carbonyl (C=O) groups is 7. The summed E-state index contributed by atoms with van der Waals surface area (Å²) in [5, 5.41) is 7.85. The van der Waals surface area contributed by atoms with E-state index < -0.39 is 118 Å². The number of benzene rings is 2. The summed E-state index contributed by atoms with van der Waals surface area (Å²) in [4.78, 5) is 103. The third-order valence-electron chi connectivity index (χ3n) is 12.0. The van der Waals surface area contributed by atoms with Crippen LogP contribution in [0.1, 0.15) is 69.6 Å². The number of nitrogens with zero attached hydrogens (tertiary/aromatic N) is 3. The summed E-state index contributed by atoms with van der Waals surface area (Å²) in [5.41, 5.74) is 0.934. The molecule has 6 amide bonds. The molecule has 4 fully saturated rings. The number of esters is 1. The number of amides is 6. The van der Waals surface area contributed by atoms with Gasteiger partial charge < -0.3 is 35.4 Å². The van der Waals surface area contributed by atoms with Crippen LogP contribution < -0.4 is 20.7 Å². The highest BCUT2D eigenvalue weighted by Gasteiger charge is 2.48. The van der Waals surface area contributed by atoms with Gasteiger partial charge in [0, 0.05) is 32.1 Å². The average molecular weight is 900 g/mol. The van der Waals surface area contributed by atoms with Crippen LogP contribution in [0.5, 0.6) is 0 Å². The Hall–Kier alpha value is -5.50. The zero-order chi connectivity index (χ0) is 45.7. The number of cyclic esters (lactones) is 1. The van der Waals surface area contributed by atoms with Crippen molar-refractivity contribution in [1.82, 2.24) is 35.4 Å². The number of hydrogen-bond acceptors (Lipinski definition) is 10. The molecule has 20 heteroatoms. The first-order chi connectivity index (χ1) is 29.8. The van der Waals surface area contributed by atoms with E-state index in [-0.39, 0.29) is 68.1 Å². The lowest BCUT2D eigenvalue weighted by atomic mass is 9.99. The molecule has 4 aliphatic heterocycles. The summed E-state index contributed by atoms with van der Waals surface area (Å²) in [5.74, 6) is -7.20. The van der Waals surface area contributed by atoms with E-state index in [9.17, 15) is 50.8 Å². The molecular formula is C43H55F2N7O10S. The van der Waals surface area contributed by atoms with Gasteiger partial charge in [0.15, 0.2) is 0 Å². The summed E-state index contributed by atoms with van der Waals surface area (Å²) < 4.78 is 63.0. The van der Waals surface area contributed by atoms with Gasteiger partial charge in [0.05, 0.1) is 12.2 Å². The van der Waals surface area contributed by atoms with Gasteiger partial charge in [-0.3, -0.25) is 28.8 Å². The maximum Gasteiger partial charge on any atom is 0.328 e. The fourth-order valence-electron chi connectivity index (χ4n) is 8.76. The molecule has 6 rings (SSSR count). The molecule has 63 heavy (non-hydrogen) atoms. The lowest BCUT2D eigenvalue weighted by molar-refractivity contribution is -0.158.